The topological polar surface area (TPSA) is 146 Å². The standard InChI is InChI=1S/2C19H20FN3O3/c2*1-25-11-17(12-3-5-14(20)6-4-12)23-18(24)8-15-7-13-9-22-19(26-2)16(13)10-21-15/h2*3-7,10,17H,8-9,11H2,1-2H3,(H,23,24)/t2*17-/m10/s1. The molecule has 2 aromatic carbocycles. The molecule has 0 aliphatic carbocycles. The third-order valence-corrected chi connectivity index (χ3v) is 8.29. The lowest BCUT2D eigenvalue weighted by atomic mass is 10.1. The van der Waals surface area contributed by atoms with Crippen LogP contribution in [0.15, 0.2) is 83.0 Å². The number of nitrogens with one attached hydrogen (secondary N) is 2. The fraction of sp³-hybridized carbons (Fsp3) is 0.316. The molecule has 14 heteroatoms. The number of aromatic nitrogens is 2. The smallest absolute Gasteiger partial charge is 0.226 e. The predicted octanol–water partition coefficient (Wildman–Crippen LogP) is 4.35. The van der Waals surface area contributed by atoms with Crippen LogP contribution in [0.2, 0.25) is 0 Å². The van der Waals surface area contributed by atoms with Gasteiger partial charge >= 0.3 is 0 Å². The first-order valence-corrected chi connectivity index (χ1v) is 16.4. The number of rotatable bonds is 12. The van der Waals surface area contributed by atoms with Crippen LogP contribution in [0.4, 0.5) is 8.78 Å². The molecule has 4 heterocycles. The number of halogens is 2. The van der Waals surface area contributed by atoms with E-state index in [1.165, 1.54) is 24.3 Å². The number of amides is 2. The number of pyridine rings is 2. The number of carbonyl (C=O) groups excluding carboxylic acids is 2. The van der Waals surface area contributed by atoms with Gasteiger partial charge in [-0.05, 0) is 58.7 Å². The number of methoxy groups -OCH3 is 4. The summed E-state index contributed by atoms with van der Waals surface area (Å²) < 4.78 is 46.9. The molecule has 0 unspecified atom stereocenters. The van der Waals surface area contributed by atoms with Crippen molar-refractivity contribution in [2.45, 2.75) is 38.0 Å². The Bertz CT molecular complexity index is 1780. The van der Waals surface area contributed by atoms with Crippen molar-refractivity contribution in [3.63, 3.8) is 0 Å². The van der Waals surface area contributed by atoms with Gasteiger partial charge in [0.2, 0.25) is 23.6 Å². The molecular weight excluding hydrogens is 674 g/mol. The van der Waals surface area contributed by atoms with Crippen molar-refractivity contribution in [1.82, 2.24) is 20.6 Å². The van der Waals surface area contributed by atoms with Crippen LogP contribution in [0.1, 0.15) is 56.9 Å². The number of nitrogens with zero attached hydrogens (tertiary/aromatic N) is 4. The van der Waals surface area contributed by atoms with Gasteiger partial charge in [0.1, 0.15) is 11.6 Å². The molecule has 0 fully saturated rings. The maximum absolute atomic E-state index is 13.1. The fourth-order valence-electron chi connectivity index (χ4n) is 5.75. The first kappa shape index (κ1) is 37.7. The molecule has 2 aliphatic heterocycles. The van der Waals surface area contributed by atoms with Crippen molar-refractivity contribution < 1.29 is 37.3 Å². The molecule has 2 N–H and O–H groups in total. The van der Waals surface area contributed by atoms with Gasteiger partial charge in [-0.15, -0.1) is 0 Å². The summed E-state index contributed by atoms with van der Waals surface area (Å²) in [7, 11) is 6.25. The molecule has 272 valence electrons. The number of hydrogen-bond donors (Lipinski definition) is 2. The van der Waals surface area contributed by atoms with Crippen LogP contribution in [0.25, 0.3) is 0 Å². The maximum Gasteiger partial charge on any atom is 0.226 e. The quantitative estimate of drug-likeness (QED) is 0.221. The van der Waals surface area contributed by atoms with Crippen LogP contribution in [0, 0.1) is 11.6 Å². The first-order chi connectivity index (χ1) is 25.2. The minimum absolute atomic E-state index is 0.136. The molecule has 2 aliphatic rings. The molecular formula is C38H40F2N6O6. The van der Waals surface area contributed by atoms with Crippen LogP contribution < -0.4 is 10.6 Å². The summed E-state index contributed by atoms with van der Waals surface area (Å²) in [5, 5.41) is 5.82. The van der Waals surface area contributed by atoms with Crippen molar-refractivity contribution in [3.8, 4) is 0 Å². The Morgan fingerprint density at radius 3 is 1.38 bits per heavy atom. The van der Waals surface area contributed by atoms with Gasteiger partial charge in [0.15, 0.2) is 0 Å². The van der Waals surface area contributed by atoms with Crippen LogP contribution in [0.5, 0.6) is 0 Å². The summed E-state index contributed by atoms with van der Waals surface area (Å²) in [4.78, 5) is 42.0. The minimum atomic E-state index is -0.356. The summed E-state index contributed by atoms with van der Waals surface area (Å²) in [6.07, 6.45) is 3.63. The first-order valence-electron chi connectivity index (χ1n) is 16.4. The fourth-order valence-corrected chi connectivity index (χ4v) is 5.75. The molecule has 2 amide bonds. The number of benzene rings is 2. The van der Waals surface area contributed by atoms with E-state index in [2.05, 4.69) is 30.6 Å². The van der Waals surface area contributed by atoms with E-state index in [0.29, 0.717) is 49.5 Å². The van der Waals surface area contributed by atoms with E-state index in [0.717, 1.165) is 33.4 Å². The lowest BCUT2D eigenvalue weighted by Crippen LogP contribution is -2.32. The summed E-state index contributed by atoms with van der Waals surface area (Å²) in [5.41, 5.74) is 6.58. The van der Waals surface area contributed by atoms with Crippen molar-refractivity contribution >= 4 is 23.6 Å². The summed E-state index contributed by atoms with van der Waals surface area (Å²) >= 11 is 0. The van der Waals surface area contributed by atoms with Crippen LogP contribution in [-0.2, 0) is 54.5 Å². The van der Waals surface area contributed by atoms with Crippen molar-refractivity contribution in [3.05, 3.63) is 129 Å². The monoisotopic (exact) mass is 714 g/mol. The molecule has 0 bridgehead atoms. The summed E-state index contributed by atoms with van der Waals surface area (Å²) in [6.45, 7) is 1.63. The van der Waals surface area contributed by atoms with Crippen molar-refractivity contribution in [2.75, 3.05) is 41.7 Å². The molecule has 0 saturated heterocycles. The number of fused-ring (bicyclic) bond motifs is 2. The van der Waals surface area contributed by atoms with Crippen LogP contribution in [0.3, 0.4) is 0 Å². The molecule has 0 radical (unpaired) electrons. The molecule has 0 saturated carbocycles. The number of carbonyl (C=O) groups is 2. The third kappa shape index (κ3) is 9.80. The third-order valence-electron chi connectivity index (χ3n) is 8.29. The summed E-state index contributed by atoms with van der Waals surface area (Å²) in [6, 6.07) is 15.0. The van der Waals surface area contributed by atoms with E-state index in [4.69, 9.17) is 18.9 Å². The average Bonchev–Trinajstić information content (AvgIpc) is 3.75. The van der Waals surface area contributed by atoms with Crippen molar-refractivity contribution in [2.24, 2.45) is 9.98 Å². The van der Waals surface area contributed by atoms with Gasteiger partial charge in [-0.2, -0.15) is 0 Å². The van der Waals surface area contributed by atoms with Crippen LogP contribution >= 0.6 is 0 Å². The second kappa shape index (κ2) is 18.1. The van der Waals surface area contributed by atoms with E-state index in [1.54, 1.807) is 65.1 Å². The highest BCUT2D eigenvalue weighted by Crippen LogP contribution is 2.22. The zero-order valence-corrected chi connectivity index (χ0v) is 29.3. The van der Waals surface area contributed by atoms with E-state index >= 15 is 0 Å². The highest BCUT2D eigenvalue weighted by atomic mass is 19.1. The zero-order chi connectivity index (χ0) is 37.0. The van der Waals surface area contributed by atoms with E-state index < -0.39 is 0 Å². The molecule has 0 spiro atoms. The van der Waals surface area contributed by atoms with Gasteiger partial charge < -0.3 is 29.6 Å². The Balaban J connectivity index is 0.000000201. The second-order valence-corrected chi connectivity index (χ2v) is 11.9. The van der Waals surface area contributed by atoms with Crippen LogP contribution in [-0.4, -0.2) is 75.2 Å². The largest absolute Gasteiger partial charge is 0.481 e. The highest BCUT2D eigenvalue weighted by molar-refractivity contribution is 5.98. The number of hydrogen-bond acceptors (Lipinski definition) is 10. The molecule has 52 heavy (non-hydrogen) atoms. The van der Waals surface area contributed by atoms with Crippen molar-refractivity contribution in [1.29, 1.82) is 0 Å². The SMILES string of the molecule is COC[C@@H](NC(=O)Cc1cc2c(cn1)C(OC)=NC2)c1ccc(F)cc1.COC[C@H](NC(=O)Cc1cc2c(cn1)C(OC)=NC2)c1ccc(F)cc1. The van der Waals surface area contributed by atoms with Gasteiger partial charge in [-0.3, -0.25) is 19.6 Å². The lowest BCUT2D eigenvalue weighted by Gasteiger charge is -2.18. The molecule has 2 aromatic heterocycles. The maximum atomic E-state index is 13.1. The van der Waals surface area contributed by atoms with Gasteiger partial charge in [0.25, 0.3) is 0 Å². The molecule has 12 nitrogen and oxygen atoms in total. The number of ether oxygens (including phenoxy) is 4. The Morgan fingerprint density at radius 2 is 1.04 bits per heavy atom. The molecule has 4 aromatic rings. The predicted molar refractivity (Wildman–Crippen MR) is 189 cm³/mol. The summed E-state index contributed by atoms with van der Waals surface area (Å²) in [5.74, 6) is 0.122. The minimum Gasteiger partial charge on any atom is -0.481 e. The normalized spacial score (nSPS) is 13.7. The molecule has 6 rings (SSSR count). The van der Waals surface area contributed by atoms with E-state index in [9.17, 15) is 18.4 Å². The Labute approximate surface area is 300 Å². The zero-order valence-electron chi connectivity index (χ0n) is 29.3. The molecule has 2 atom stereocenters. The Morgan fingerprint density at radius 1 is 0.654 bits per heavy atom. The Kier molecular flexibility index (Phi) is 13.1. The highest BCUT2D eigenvalue weighted by Gasteiger charge is 2.21. The average molecular weight is 715 g/mol. The van der Waals surface area contributed by atoms with Gasteiger partial charge in [0.05, 0.1) is 88.0 Å². The van der Waals surface area contributed by atoms with Gasteiger partial charge in [-0.1, -0.05) is 24.3 Å². The van der Waals surface area contributed by atoms with Gasteiger partial charge in [-0.25, -0.2) is 18.8 Å². The van der Waals surface area contributed by atoms with Gasteiger partial charge in [0, 0.05) is 26.6 Å². The number of aliphatic imine (C=N–C) groups is 2. The van der Waals surface area contributed by atoms with E-state index in [-0.39, 0.29) is 48.4 Å². The van der Waals surface area contributed by atoms with E-state index in [1.807, 2.05) is 12.1 Å². The Hall–Kier alpha value is -5.60. The lowest BCUT2D eigenvalue weighted by molar-refractivity contribution is -0.122. The second-order valence-electron chi connectivity index (χ2n) is 11.9.